The first kappa shape index (κ1) is 12.6. The first-order valence-corrected chi connectivity index (χ1v) is 6.36. The SMILES string of the molecule is O=[S@@](Cc1ccc(Cl)cc1)C[C@H](O)CO. The molecule has 1 rings (SSSR count). The molecule has 2 N–H and O–H groups in total. The van der Waals surface area contributed by atoms with Crippen molar-refractivity contribution in [2.75, 3.05) is 12.4 Å². The first-order chi connectivity index (χ1) is 7.11. The lowest BCUT2D eigenvalue weighted by Crippen LogP contribution is -2.21. The van der Waals surface area contributed by atoms with Crippen LogP contribution in [0.5, 0.6) is 0 Å². The van der Waals surface area contributed by atoms with Crippen LogP contribution in [0.25, 0.3) is 0 Å². The molecule has 15 heavy (non-hydrogen) atoms. The van der Waals surface area contributed by atoms with Gasteiger partial charge in [-0.25, -0.2) is 0 Å². The third kappa shape index (κ3) is 4.75. The molecule has 2 atom stereocenters. The Morgan fingerprint density at radius 3 is 2.47 bits per heavy atom. The normalized spacial score (nSPS) is 14.9. The van der Waals surface area contributed by atoms with Crippen LogP contribution in [0.4, 0.5) is 0 Å². The Hall–Kier alpha value is -0.420. The van der Waals surface area contributed by atoms with Gasteiger partial charge in [-0.15, -0.1) is 0 Å². The van der Waals surface area contributed by atoms with Gasteiger partial charge in [0.05, 0.1) is 18.5 Å². The topological polar surface area (TPSA) is 57.5 Å². The zero-order valence-electron chi connectivity index (χ0n) is 8.10. The smallest absolute Gasteiger partial charge is 0.0885 e. The summed E-state index contributed by atoms with van der Waals surface area (Å²) in [5.41, 5.74) is 0.905. The van der Waals surface area contributed by atoms with Crippen LogP contribution in [0, 0.1) is 0 Å². The van der Waals surface area contributed by atoms with E-state index in [9.17, 15) is 4.21 Å². The van der Waals surface area contributed by atoms with E-state index in [-0.39, 0.29) is 12.4 Å². The molecule has 0 spiro atoms. The minimum atomic E-state index is -1.16. The van der Waals surface area contributed by atoms with E-state index in [1.54, 1.807) is 24.3 Å². The van der Waals surface area contributed by atoms with E-state index >= 15 is 0 Å². The fourth-order valence-electron chi connectivity index (χ4n) is 1.09. The molecule has 5 heteroatoms. The standard InChI is InChI=1S/C10H13ClO3S/c11-9-3-1-8(2-4-9)6-15(14)7-10(13)5-12/h1-4,10,12-13H,5-7H2/t10-,15+/m1/s1. The monoisotopic (exact) mass is 248 g/mol. The number of aliphatic hydroxyl groups excluding tert-OH is 2. The molecule has 0 radical (unpaired) electrons. The molecular formula is C10H13ClO3S. The van der Waals surface area contributed by atoms with Crippen LogP contribution in [-0.4, -0.2) is 32.9 Å². The molecule has 0 fully saturated rings. The molecule has 0 unspecified atom stereocenters. The fraction of sp³-hybridized carbons (Fsp3) is 0.400. The molecule has 3 nitrogen and oxygen atoms in total. The molecule has 1 aromatic carbocycles. The van der Waals surface area contributed by atoms with E-state index in [2.05, 4.69) is 0 Å². The second kappa shape index (κ2) is 6.23. The van der Waals surface area contributed by atoms with E-state index in [4.69, 9.17) is 21.8 Å². The summed E-state index contributed by atoms with van der Waals surface area (Å²) in [4.78, 5) is 0. The van der Waals surface area contributed by atoms with Crippen LogP contribution >= 0.6 is 11.6 Å². The van der Waals surface area contributed by atoms with Crippen molar-refractivity contribution in [2.24, 2.45) is 0 Å². The van der Waals surface area contributed by atoms with Gasteiger partial charge >= 0.3 is 0 Å². The quantitative estimate of drug-likeness (QED) is 0.816. The van der Waals surface area contributed by atoms with Crippen molar-refractivity contribution in [1.29, 1.82) is 0 Å². The molecule has 0 saturated heterocycles. The molecule has 0 aliphatic carbocycles. The third-order valence-corrected chi connectivity index (χ3v) is 3.49. The van der Waals surface area contributed by atoms with E-state index in [1.807, 2.05) is 0 Å². The molecule has 0 aromatic heterocycles. The maximum Gasteiger partial charge on any atom is 0.0885 e. The molecule has 84 valence electrons. The maximum atomic E-state index is 11.5. The van der Waals surface area contributed by atoms with Crippen LogP contribution < -0.4 is 0 Å². The van der Waals surface area contributed by atoms with Crippen molar-refractivity contribution >= 4 is 22.4 Å². The predicted molar refractivity (Wildman–Crippen MR) is 61.3 cm³/mol. The first-order valence-electron chi connectivity index (χ1n) is 4.50. The van der Waals surface area contributed by atoms with Crippen molar-refractivity contribution in [1.82, 2.24) is 0 Å². The van der Waals surface area contributed by atoms with Crippen LogP contribution in [0.1, 0.15) is 5.56 Å². The van der Waals surface area contributed by atoms with Crippen molar-refractivity contribution in [3.63, 3.8) is 0 Å². The highest BCUT2D eigenvalue weighted by molar-refractivity contribution is 7.84. The minimum absolute atomic E-state index is 0.0964. The molecule has 0 amide bonds. The zero-order valence-corrected chi connectivity index (χ0v) is 9.67. The van der Waals surface area contributed by atoms with Crippen molar-refractivity contribution in [3.05, 3.63) is 34.9 Å². The molecular weight excluding hydrogens is 236 g/mol. The van der Waals surface area contributed by atoms with E-state index < -0.39 is 16.9 Å². The Kier molecular flexibility index (Phi) is 5.25. The second-order valence-corrected chi connectivity index (χ2v) is 5.15. The van der Waals surface area contributed by atoms with Crippen LogP contribution in [-0.2, 0) is 16.6 Å². The Morgan fingerprint density at radius 1 is 1.33 bits per heavy atom. The van der Waals surface area contributed by atoms with Gasteiger partial charge in [-0.3, -0.25) is 4.21 Å². The lowest BCUT2D eigenvalue weighted by Gasteiger charge is -2.06. The highest BCUT2D eigenvalue weighted by atomic mass is 35.5. The van der Waals surface area contributed by atoms with Crippen molar-refractivity contribution < 1.29 is 14.4 Å². The van der Waals surface area contributed by atoms with Gasteiger partial charge in [0.1, 0.15) is 0 Å². The van der Waals surface area contributed by atoms with Gasteiger partial charge < -0.3 is 10.2 Å². The highest BCUT2D eigenvalue weighted by Gasteiger charge is 2.08. The van der Waals surface area contributed by atoms with Gasteiger partial charge in [0.2, 0.25) is 0 Å². The van der Waals surface area contributed by atoms with Crippen molar-refractivity contribution in [3.8, 4) is 0 Å². The summed E-state index contributed by atoms with van der Waals surface area (Å²) in [6.45, 7) is -0.355. The zero-order chi connectivity index (χ0) is 11.3. The lowest BCUT2D eigenvalue weighted by atomic mass is 10.2. The number of aliphatic hydroxyl groups is 2. The summed E-state index contributed by atoms with van der Waals surface area (Å²) in [6.07, 6.45) is -0.905. The number of hydrogen-bond donors (Lipinski definition) is 2. The molecule has 1 aromatic rings. The Labute approximate surface area is 96.2 Å². The number of hydrogen-bond acceptors (Lipinski definition) is 3. The van der Waals surface area contributed by atoms with Gasteiger partial charge in [0, 0.05) is 21.6 Å². The molecule has 0 saturated carbocycles. The van der Waals surface area contributed by atoms with Crippen LogP contribution in [0.15, 0.2) is 24.3 Å². The Bertz CT molecular complexity index is 326. The summed E-state index contributed by atoms with van der Waals surface area (Å²) < 4.78 is 11.5. The number of benzene rings is 1. The fourth-order valence-corrected chi connectivity index (χ4v) is 2.44. The predicted octanol–water partition coefficient (Wildman–Crippen LogP) is 0.942. The summed E-state index contributed by atoms with van der Waals surface area (Å²) in [7, 11) is -1.16. The minimum Gasteiger partial charge on any atom is -0.394 e. The summed E-state index contributed by atoms with van der Waals surface area (Å²) >= 11 is 5.71. The van der Waals surface area contributed by atoms with Gasteiger partial charge in [-0.1, -0.05) is 23.7 Å². The third-order valence-electron chi connectivity index (χ3n) is 1.83. The Morgan fingerprint density at radius 2 is 1.93 bits per heavy atom. The summed E-state index contributed by atoms with van der Waals surface area (Å²) in [5, 5.41) is 18.3. The largest absolute Gasteiger partial charge is 0.394 e. The number of halogens is 1. The van der Waals surface area contributed by atoms with Crippen LogP contribution in [0.2, 0.25) is 5.02 Å². The highest BCUT2D eigenvalue weighted by Crippen LogP contribution is 2.11. The van der Waals surface area contributed by atoms with E-state index in [1.165, 1.54) is 0 Å². The summed E-state index contributed by atoms with van der Waals surface area (Å²) in [6, 6.07) is 7.06. The van der Waals surface area contributed by atoms with Crippen molar-refractivity contribution in [2.45, 2.75) is 11.9 Å². The average molecular weight is 249 g/mol. The van der Waals surface area contributed by atoms with E-state index in [0.717, 1.165) is 5.56 Å². The molecule has 0 aliphatic rings. The number of rotatable bonds is 5. The van der Waals surface area contributed by atoms with Gasteiger partial charge in [0.25, 0.3) is 0 Å². The molecule has 0 heterocycles. The summed E-state index contributed by atoms with van der Waals surface area (Å²) in [5.74, 6) is 0.466. The van der Waals surface area contributed by atoms with Crippen LogP contribution in [0.3, 0.4) is 0 Å². The van der Waals surface area contributed by atoms with Gasteiger partial charge in [-0.2, -0.15) is 0 Å². The molecule has 0 aliphatic heterocycles. The van der Waals surface area contributed by atoms with Gasteiger partial charge in [-0.05, 0) is 17.7 Å². The molecule has 0 bridgehead atoms. The second-order valence-electron chi connectivity index (χ2n) is 3.21. The van der Waals surface area contributed by atoms with Gasteiger partial charge in [0.15, 0.2) is 0 Å². The van der Waals surface area contributed by atoms with E-state index in [0.29, 0.717) is 10.8 Å². The maximum absolute atomic E-state index is 11.5. The Balaban J connectivity index is 2.48. The lowest BCUT2D eigenvalue weighted by molar-refractivity contribution is 0.113. The average Bonchev–Trinajstić information content (AvgIpc) is 2.21.